The van der Waals surface area contributed by atoms with E-state index in [0.29, 0.717) is 11.4 Å². The maximum atomic E-state index is 11.3. The molecule has 2 aromatic carbocycles. The van der Waals surface area contributed by atoms with Crippen molar-refractivity contribution in [3.8, 4) is 11.6 Å². The van der Waals surface area contributed by atoms with Crippen LogP contribution in [0.3, 0.4) is 0 Å². The molecular weight excluding hydrogens is 336 g/mol. The normalized spacial score (nSPS) is 13.4. The van der Waals surface area contributed by atoms with Gasteiger partial charge in [0.25, 0.3) is 0 Å². The van der Waals surface area contributed by atoms with Gasteiger partial charge in [-0.25, -0.2) is 4.98 Å². The lowest BCUT2D eigenvalue weighted by molar-refractivity contribution is 0.101. The maximum absolute atomic E-state index is 11.3. The smallest absolute Gasteiger partial charge is 0.219 e. The molecule has 0 fully saturated rings. The highest BCUT2D eigenvalue weighted by Crippen LogP contribution is 2.29. The van der Waals surface area contributed by atoms with Gasteiger partial charge < -0.3 is 4.74 Å². The molecule has 4 nitrogen and oxygen atoms in total. The maximum Gasteiger partial charge on any atom is 0.219 e. The van der Waals surface area contributed by atoms with Crippen LogP contribution in [0.2, 0.25) is 0 Å². The van der Waals surface area contributed by atoms with Gasteiger partial charge in [0.05, 0.1) is 0 Å². The molecule has 2 heterocycles. The summed E-state index contributed by atoms with van der Waals surface area (Å²) in [5.41, 5.74) is 4.62. The van der Waals surface area contributed by atoms with Crippen LogP contribution in [0.1, 0.15) is 34.0 Å². The number of aromatic nitrogens is 1. The Morgan fingerprint density at radius 3 is 2.59 bits per heavy atom. The second kappa shape index (κ2) is 7.72. The molecule has 0 N–H and O–H groups in total. The zero-order valence-electron chi connectivity index (χ0n) is 15.4. The molecule has 4 heteroatoms. The summed E-state index contributed by atoms with van der Waals surface area (Å²) in [5, 5.41) is 0. The minimum absolute atomic E-state index is 0.00201. The molecule has 0 saturated carbocycles. The third kappa shape index (κ3) is 4.23. The Kier molecular flexibility index (Phi) is 4.99. The molecule has 0 saturated heterocycles. The molecule has 0 spiro atoms. The van der Waals surface area contributed by atoms with Gasteiger partial charge in [-0.2, -0.15) is 0 Å². The van der Waals surface area contributed by atoms with Crippen molar-refractivity contribution in [1.29, 1.82) is 0 Å². The first-order chi connectivity index (χ1) is 13.2. The van der Waals surface area contributed by atoms with Crippen molar-refractivity contribution < 1.29 is 9.53 Å². The van der Waals surface area contributed by atoms with Gasteiger partial charge in [-0.1, -0.05) is 36.4 Å². The average molecular weight is 358 g/mol. The summed E-state index contributed by atoms with van der Waals surface area (Å²) in [6.45, 7) is 4.49. The van der Waals surface area contributed by atoms with Crippen molar-refractivity contribution in [3.63, 3.8) is 0 Å². The summed E-state index contributed by atoms with van der Waals surface area (Å²) in [4.78, 5) is 18.0. The van der Waals surface area contributed by atoms with Crippen LogP contribution in [-0.2, 0) is 19.5 Å². The number of ether oxygens (including phenoxy) is 1. The largest absolute Gasteiger partial charge is 0.439 e. The average Bonchev–Trinajstić information content (AvgIpc) is 3.10. The van der Waals surface area contributed by atoms with Crippen LogP contribution >= 0.6 is 0 Å². The summed E-state index contributed by atoms with van der Waals surface area (Å²) in [6, 6.07) is 20.3. The van der Waals surface area contributed by atoms with Crippen LogP contribution in [0.25, 0.3) is 0 Å². The van der Waals surface area contributed by atoms with Crippen molar-refractivity contribution in [1.82, 2.24) is 9.88 Å². The van der Waals surface area contributed by atoms with E-state index in [9.17, 15) is 4.79 Å². The van der Waals surface area contributed by atoms with E-state index in [2.05, 4.69) is 52.3 Å². The zero-order chi connectivity index (χ0) is 18.6. The Bertz CT molecular complexity index is 936. The number of Topliss-reactive ketones (excluding diaryl/α,β-unsaturated/α-hetero) is 1. The molecule has 0 bridgehead atoms. The molecule has 136 valence electrons. The quantitative estimate of drug-likeness (QED) is 0.602. The summed E-state index contributed by atoms with van der Waals surface area (Å²) in [5.74, 6) is 1.28. The SMILES string of the molecule is CC(=O)c1ccc(Oc2ccc3c(c2)CN(CCc2ccccc2)C3)nc1. The molecule has 1 aliphatic heterocycles. The van der Waals surface area contributed by atoms with Gasteiger partial charge in [0.15, 0.2) is 5.78 Å². The van der Waals surface area contributed by atoms with E-state index >= 15 is 0 Å². The molecule has 0 radical (unpaired) electrons. The Morgan fingerprint density at radius 2 is 1.85 bits per heavy atom. The molecule has 0 amide bonds. The third-order valence-corrected chi connectivity index (χ3v) is 4.89. The van der Waals surface area contributed by atoms with Gasteiger partial charge in [0, 0.05) is 37.5 Å². The predicted octanol–water partition coefficient (Wildman–Crippen LogP) is 4.63. The number of hydrogen-bond donors (Lipinski definition) is 0. The zero-order valence-corrected chi connectivity index (χ0v) is 15.4. The minimum Gasteiger partial charge on any atom is -0.439 e. The van der Waals surface area contributed by atoms with Crippen LogP contribution in [0.4, 0.5) is 0 Å². The standard InChI is InChI=1S/C23H22N2O2/c1-17(26)19-8-10-23(24-14-19)27-22-9-7-20-15-25(16-21(20)13-22)12-11-18-5-3-2-4-6-18/h2-10,13-14H,11-12,15-16H2,1H3. The number of rotatable bonds is 6. The first-order valence-corrected chi connectivity index (χ1v) is 9.20. The molecular formula is C23H22N2O2. The van der Waals surface area contributed by atoms with E-state index in [0.717, 1.165) is 31.8 Å². The first-order valence-electron chi connectivity index (χ1n) is 9.20. The first kappa shape index (κ1) is 17.4. The van der Waals surface area contributed by atoms with E-state index in [-0.39, 0.29) is 5.78 Å². The van der Waals surface area contributed by atoms with Gasteiger partial charge in [-0.3, -0.25) is 9.69 Å². The summed E-state index contributed by atoms with van der Waals surface area (Å²) in [7, 11) is 0. The van der Waals surface area contributed by atoms with E-state index in [1.807, 2.05) is 6.07 Å². The van der Waals surface area contributed by atoms with E-state index < -0.39 is 0 Å². The predicted molar refractivity (Wildman–Crippen MR) is 105 cm³/mol. The number of carbonyl (C=O) groups is 1. The van der Waals surface area contributed by atoms with Crippen molar-refractivity contribution in [3.05, 3.63) is 89.1 Å². The molecule has 27 heavy (non-hydrogen) atoms. The highest BCUT2D eigenvalue weighted by molar-refractivity contribution is 5.93. The van der Waals surface area contributed by atoms with Crippen molar-refractivity contribution in [2.75, 3.05) is 6.54 Å². The van der Waals surface area contributed by atoms with Crippen LogP contribution in [0.15, 0.2) is 66.9 Å². The van der Waals surface area contributed by atoms with Crippen molar-refractivity contribution in [2.24, 2.45) is 0 Å². The monoisotopic (exact) mass is 358 g/mol. The summed E-state index contributed by atoms with van der Waals surface area (Å²) in [6.07, 6.45) is 2.61. The topological polar surface area (TPSA) is 42.4 Å². The van der Waals surface area contributed by atoms with Crippen molar-refractivity contribution in [2.45, 2.75) is 26.4 Å². The molecule has 1 aromatic heterocycles. The van der Waals surface area contributed by atoms with Gasteiger partial charge in [0.2, 0.25) is 5.88 Å². The fourth-order valence-corrected chi connectivity index (χ4v) is 3.36. The highest BCUT2D eigenvalue weighted by atomic mass is 16.5. The lowest BCUT2D eigenvalue weighted by Gasteiger charge is -2.14. The molecule has 0 atom stereocenters. The number of fused-ring (bicyclic) bond motifs is 1. The number of benzene rings is 2. The van der Waals surface area contributed by atoms with Crippen LogP contribution < -0.4 is 4.74 Å². The number of nitrogens with zero attached hydrogens (tertiary/aromatic N) is 2. The third-order valence-electron chi connectivity index (χ3n) is 4.89. The second-order valence-corrected chi connectivity index (χ2v) is 6.92. The van der Waals surface area contributed by atoms with Gasteiger partial charge >= 0.3 is 0 Å². The van der Waals surface area contributed by atoms with E-state index in [1.165, 1.54) is 23.6 Å². The van der Waals surface area contributed by atoms with E-state index in [1.54, 1.807) is 18.3 Å². The van der Waals surface area contributed by atoms with Crippen LogP contribution in [-0.4, -0.2) is 22.2 Å². The molecule has 4 rings (SSSR count). The fourth-order valence-electron chi connectivity index (χ4n) is 3.36. The lowest BCUT2D eigenvalue weighted by Crippen LogP contribution is -2.19. The van der Waals surface area contributed by atoms with Gasteiger partial charge in [-0.15, -0.1) is 0 Å². The fraction of sp³-hybridized carbons (Fsp3) is 0.217. The van der Waals surface area contributed by atoms with Gasteiger partial charge in [0.1, 0.15) is 5.75 Å². The molecule has 3 aromatic rings. The highest BCUT2D eigenvalue weighted by Gasteiger charge is 2.19. The number of ketones is 1. The second-order valence-electron chi connectivity index (χ2n) is 6.92. The van der Waals surface area contributed by atoms with Gasteiger partial charge in [-0.05, 0) is 48.2 Å². The Labute approximate surface area is 159 Å². The number of hydrogen-bond acceptors (Lipinski definition) is 4. The van der Waals surface area contributed by atoms with E-state index in [4.69, 9.17) is 4.74 Å². The molecule has 1 aliphatic rings. The number of pyridine rings is 1. The number of carbonyl (C=O) groups excluding carboxylic acids is 1. The Hall–Kier alpha value is -2.98. The Morgan fingerprint density at radius 1 is 1.04 bits per heavy atom. The van der Waals surface area contributed by atoms with Crippen LogP contribution in [0.5, 0.6) is 11.6 Å². The molecule has 0 aliphatic carbocycles. The van der Waals surface area contributed by atoms with Crippen LogP contribution in [0, 0.1) is 0 Å². The summed E-state index contributed by atoms with van der Waals surface area (Å²) < 4.78 is 5.86. The summed E-state index contributed by atoms with van der Waals surface area (Å²) >= 11 is 0. The Balaban J connectivity index is 1.38. The van der Waals surface area contributed by atoms with Crippen molar-refractivity contribution >= 4 is 5.78 Å². The molecule has 0 unspecified atom stereocenters. The minimum atomic E-state index is 0.00201. The lowest BCUT2D eigenvalue weighted by atomic mass is 10.1.